The molecule has 138 valence electrons. The Balaban J connectivity index is 2.03. The van der Waals surface area contributed by atoms with E-state index in [0.29, 0.717) is 17.2 Å². The van der Waals surface area contributed by atoms with E-state index in [0.717, 1.165) is 11.1 Å². The first-order chi connectivity index (χ1) is 12.5. The van der Waals surface area contributed by atoms with Crippen LogP contribution in [0.15, 0.2) is 48.5 Å². The molecule has 6 heteroatoms. The Morgan fingerprint density at radius 2 is 1.77 bits per heavy atom. The summed E-state index contributed by atoms with van der Waals surface area (Å²) < 4.78 is 9.88. The van der Waals surface area contributed by atoms with Crippen molar-refractivity contribution < 1.29 is 19.1 Å². The maximum absolute atomic E-state index is 12.4. The molecular formula is C20H22ClNO4. The summed E-state index contributed by atoms with van der Waals surface area (Å²) in [5, 5.41) is 3.54. The van der Waals surface area contributed by atoms with E-state index >= 15 is 0 Å². The van der Waals surface area contributed by atoms with Crippen LogP contribution in [-0.2, 0) is 20.7 Å². The molecule has 1 atom stereocenters. The number of ether oxygens (including phenoxy) is 2. The second-order valence-electron chi connectivity index (χ2n) is 5.76. The number of halogens is 1. The summed E-state index contributed by atoms with van der Waals surface area (Å²) in [5.74, 6) is 0.155. The third-order valence-electron chi connectivity index (χ3n) is 4.03. The summed E-state index contributed by atoms with van der Waals surface area (Å²) in [5.41, 5.74) is 1.72. The molecule has 2 rings (SSSR count). The van der Waals surface area contributed by atoms with Gasteiger partial charge < -0.3 is 14.8 Å². The maximum Gasteiger partial charge on any atom is 0.307 e. The number of esters is 1. The number of carbonyl (C=O) groups excluding carboxylic acids is 2. The van der Waals surface area contributed by atoms with Crippen LogP contribution in [0.5, 0.6) is 5.75 Å². The Hall–Kier alpha value is -2.53. The number of aryl methyl sites for hydroxylation is 1. The fourth-order valence-electron chi connectivity index (χ4n) is 2.55. The van der Waals surface area contributed by atoms with Crippen LogP contribution in [0.25, 0.3) is 0 Å². The van der Waals surface area contributed by atoms with Gasteiger partial charge in [0.2, 0.25) is 5.91 Å². The topological polar surface area (TPSA) is 64.6 Å². The van der Waals surface area contributed by atoms with Crippen LogP contribution in [0.4, 0.5) is 0 Å². The van der Waals surface area contributed by atoms with E-state index in [1.165, 1.54) is 7.11 Å². The standard InChI is InChI=1S/C20H22ClNO4/c1-25-16-10-7-15(8-11-16)18(13-20(24)26-2)22-19(23)12-9-14-5-3-4-6-17(14)21/h3-8,10-11,18H,9,12-13H2,1-2H3,(H,22,23). The number of nitrogens with one attached hydrogen (secondary N) is 1. The van der Waals surface area contributed by atoms with Crippen LogP contribution in [-0.4, -0.2) is 26.1 Å². The molecule has 26 heavy (non-hydrogen) atoms. The third-order valence-corrected chi connectivity index (χ3v) is 4.40. The van der Waals surface area contributed by atoms with Gasteiger partial charge in [-0.3, -0.25) is 9.59 Å². The normalized spacial score (nSPS) is 11.5. The van der Waals surface area contributed by atoms with Crippen molar-refractivity contribution in [1.29, 1.82) is 0 Å². The van der Waals surface area contributed by atoms with E-state index in [2.05, 4.69) is 5.32 Å². The Morgan fingerprint density at radius 3 is 2.38 bits per heavy atom. The van der Waals surface area contributed by atoms with Crippen molar-refractivity contribution in [2.75, 3.05) is 14.2 Å². The van der Waals surface area contributed by atoms with Crippen molar-refractivity contribution in [3.63, 3.8) is 0 Å². The molecule has 0 bridgehead atoms. The van der Waals surface area contributed by atoms with Gasteiger partial charge in [0.15, 0.2) is 0 Å². The molecule has 0 aromatic heterocycles. The third kappa shape index (κ3) is 5.77. The molecule has 5 nitrogen and oxygen atoms in total. The molecule has 0 saturated heterocycles. The predicted octanol–water partition coefficient (Wildman–Crippen LogP) is 3.70. The minimum atomic E-state index is -0.466. The maximum atomic E-state index is 12.4. The average molecular weight is 376 g/mol. The number of rotatable bonds is 8. The van der Waals surface area contributed by atoms with Gasteiger partial charge in [0, 0.05) is 11.4 Å². The van der Waals surface area contributed by atoms with Crippen LogP contribution in [0.1, 0.15) is 30.0 Å². The van der Waals surface area contributed by atoms with Crippen molar-refractivity contribution in [1.82, 2.24) is 5.32 Å². The van der Waals surface area contributed by atoms with E-state index in [4.69, 9.17) is 21.1 Å². The molecule has 0 aliphatic heterocycles. The van der Waals surface area contributed by atoms with E-state index in [9.17, 15) is 9.59 Å². The lowest BCUT2D eigenvalue weighted by Crippen LogP contribution is -2.30. The average Bonchev–Trinajstić information content (AvgIpc) is 2.66. The second-order valence-corrected chi connectivity index (χ2v) is 6.17. The summed E-state index contributed by atoms with van der Waals surface area (Å²) in [7, 11) is 2.91. The highest BCUT2D eigenvalue weighted by molar-refractivity contribution is 6.31. The number of methoxy groups -OCH3 is 2. The van der Waals surface area contributed by atoms with Crippen LogP contribution in [0.2, 0.25) is 5.02 Å². The molecule has 0 saturated carbocycles. The van der Waals surface area contributed by atoms with Gasteiger partial charge in [0.05, 0.1) is 26.7 Å². The first kappa shape index (κ1) is 19.8. The molecule has 0 heterocycles. The summed E-state index contributed by atoms with van der Waals surface area (Å²) >= 11 is 6.12. The van der Waals surface area contributed by atoms with E-state index in [1.807, 2.05) is 30.3 Å². The molecule has 1 N–H and O–H groups in total. The molecule has 0 aliphatic rings. The van der Waals surface area contributed by atoms with Crippen molar-refractivity contribution in [3.05, 3.63) is 64.7 Å². The minimum Gasteiger partial charge on any atom is -0.497 e. The lowest BCUT2D eigenvalue weighted by molar-refractivity contribution is -0.141. The second kappa shape index (κ2) is 9.82. The highest BCUT2D eigenvalue weighted by Gasteiger charge is 2.19. The Kier molecular flexibility index (Phi) is 7.48. The van der Waals surface area contributed by atoms with Crippen molar-refractivity contribution in [2.24, 2.45) is 0 Å². The first-order valence-corrected chi connectivity index (χ1v) is 8.64. The molecule has 0 fully saturated rings. The molecule has 0 spiro atoms. The van der Waals surface area contributed by atoms with Gasteiger partial charge in [-0.25, -0.2) is 0 Å². The van der Waals surface area contributed by atoms with Crippen molar-refractivity contribution >= 4 is 23.5 Å². The smallest absolute Gasteiger partial charge is 0.307 e. The van der Waals surface area contributed by atoms with E-state index in [1.54, 1.807) is 25.3 Å². The van der Waals surface area contributed by atoms with Gasteiger partial charge in [-0.15, -0.1) is 0 Å². The Morgan fingerprint density at radius 1 is 1.08 bits per heavy atom. The number of amides is 1. The van der Waals surface area contributed by atoms with Crippen LogP contribution in [0, 0.1) is 0 Å². The fourth-order valence-corrected chi connectivity index (χ4v) is 2.78. The molecule has 1 unspecified atom stereocenters. The van der Waals surface area contributed by atoms with E-state index in [-0.39, 0.29) is 18.7 Å². The minimum absolute atomic E-state index is 0.0562. The number of benzene rings is 2. The summed E-state index contributed by atoms with van der Waals surface area (Å²) in [6, 6.07) is 14.2. The van der Waals surface area contributed by atoms with Crippen LogP contribution < -0.4 is 10.1 Å². The fraction of sp³-hybridized carbons (Fsp3) is 0.300. The zero-order chi connectivity index (χ0) is 18.9. The Labute approximate surface area is 158 Å². The quantitative estimate of drug-likeness (QED) is 0.714. The summed E-state index contributed by atoms with van der Waals surface area (Å²) in [6.07, 6.45) is 0.858. The number of hydrogen-bond acceptors (Lipinski definition) is 4. The molecule has 0 radical (unpaired) electrons. The highest BCUT2D eigenvalue weighted by atomic mass is 35.5. The van der Waals surface area contributed by atoms with Gasteiger partial charge in [-0.05, 0) is 35.7 Å². The summed E-state index contributed by atoms with van der Waals surface area (Å²) in [6.45, 7) is 0. The number of carbonyl (C=O) groups is 2. The predicted molar refractivity (Wildman–Crippen MR) is 100 cm³/mol. The Bertz CT molecular complexity index is 746. The molecule has 2 aromatic rings. The van der Waals surface area contributed by atoms with E-state index < -0.39 is 12.0 Å². The zero-order valence-electron chi connectivity index (χ0n) is 14.8. The first-order valence-electron chi connectivity index (χ1n) is 8.27. The monoisotopic (exact) mass is 375 g/mol. The summed E-state index contributed by atoms with van der Waals surface area (Å²) in [4.78, 5) is 24.1. The van der Waals surface area contributed by atoms with Crippen LogP contribution in [0.3, 0.4) is 0 Å². The van der Waals surface area contributed by atoms with Gasteiger partial charge >= 0.3 is 5.97 Å². The van der Waals surface area contributed by atoms with Crippen molar-refractivity contribution in [2.45, 2.75) is 25.3 Å². The lowest BCUT2D eigenvalue weighted by Gasteiger charge is -2.18. The van der Waals surface area contributed by atoms with Gasteiger partial charge in [0.1, 0.15) is 5.75 Å². The van der Waals surface area contributed by atoms with Gasteiger partial charge in [0.25, 0.3) is 0 Å². The largest absolute Gasteiger partial charge is 0.497 e. The molecule has 2 aromatic carbocycles. The van der Waals surface area contributed by atoms with Gasteiger partial charge in [-0.2, -0.15) is 0 Å². The molecular weight excluding hydrogens is 354 g/mol. The SMILES string of the molecule is COC(=O)CC(NC(=O)CCc1ccccc1Cl)c1ccc(OC)cc1. The zero-order valence-corrected chi connectivity index (χ0v) is 15.6. The number of hydrogen-bond donors (Lipinski definition) is 1. The van der Waals surface area contributed by atoms with Gasteiger partial charge in [-0.1, -0.05) is 41.9 Å². The highest BCUT2D eigenvalue weighted by Crippen LogP contribution is 2.22. The molecule has 1 amide bonds. The van der Waals surface area contributed by atoms with Crippen molar-refractivity contribution in [3.8, 4) is 5.75 Å². The molecule has 0 aliphatic carbocycles. The lowest BCUT2D eigenvalue weighted by atomic mass is 10.0. The van der Waals surface area contributed by atoms with Crippen LogP contribution >= 0.6 is 11.6 Å².